The lowest BCUT2D eigenvalue weighted by Gasteiger charge is -2.25. The van der Waals surface area contributed by atoms with E-state index in [0.717, 1.165) is 0 Å². The summed E-state index contributed by atoms with van der Waals surface area (Å²) < 4.78 is 13.3. The van der Waals surface area contributed by atoms with E-state index in [0.29, 0.717) is 17.7 Å². The van der Waals surface area contributed by atoms with Crippen molar-refractivity contribution in [3.63, 3.8) is 0 Å². The summed E-state index contributed by atoms with van der Waals surface area (Å²) in [5, 5.41) is 14.2. The predicted molar refractivity (Wildman–Crippen MR) is 69.1 cm³/mol. The molecule has 0 aliphatic rings. The number of halogens is 1. The van der Waals surface area contributed by atoms with Crippen molar-refractivity contribution in [2.24, 2.45) is 0 Å². The molecule has 0 saturated carbocycles. The van der Waals surface area contributed by atoms with Crippen LogP contribution in [0.5, 0.6) is 0 Å². The third kappa shape index (κ3) is 4.00. The van der Waals surface area contributed by atoms with E-state index in [4.69, 9.17) is 5.11 Å². The van der Waals surface area contributed by atoms with E-state index in [9.17, 15) is 9.18 Å². The molecular formula is C13H19FN2O2. The van der Waals surface area contributed by atoms with Crippen molar-refractivity contribution in [3.05, 3.63) is 29.6 Å². The quantitative estimate of drug-likeness (QED) is 0.772. The van der Waals surface area contributed by atoms with E-state index < -0.39 is 11.6 Å². The van der Waals surface area contributed by atoms with E-state index in [2.05, 4.69) is 10.6 Å². The first kappa shape index (κ1) is 14.4. The number of urea groups is 1. The van der Waals surface area contributed by atoms with E-state index >= 15 is 0 Å². The molecule has 0 bridgehead atoms. The summed E-state index contributed by atoms with van der Waals surface area (Å²) in [4.78, 5) is 11.7. The fourth-order valence-electron chi connectivity index (χ4n) is 1.55. The first-order valence-electron chi connectivity index (χ1n) is 5.81. The smallest absolute Gasteiger partial charge is 0.319 e. The van der Waals surface area contributed by atoms with Crippen molar-refractivity contribution in [3.8, 4) is 0 Å². The number of hydrogen-bond donors (Lipinski definition) is 3. The van der Waals surface area contributed by atoms with Crippen LogP contribution >= 0.6 is 0 Å². The Labute approximate surface area is 106 Å². The van der Waals surface area contributed by atoms with Gasteiger partial charge in [-0.25, -0.2) is 9.18 Å². The van der Waals surface area contributed by atoms with Crippen LogP contribution in [-0.4, -0.2) is 23.3 Å². The highest BCUT2D eigenvalue weighted by molar-refractivity contribution is 5.90. The van der Waals surface area contributed by atoms with Crippen molar-refractivity contribution in [2.75, 3.05) is 11.9 Å². The van der Waals surface area contributed by atoms with Crippen molar-refractivity contribution in [1.29, 1.82) is 0 Å². The summed E-state index contributed by atoms with van der Waals surface area (Å²) in [6.07, 6.45) is 0.447. The molecule has 1 rings (SSSR count). The van der Waals surface area contributed by atoms with Crippen molar-refractivity contribution >= 4 is 11.7 Å². The summed E-state index contributed by atoms with van der Waals surface area (Å²) >= 11 is 0. The van der Waals surface area contributed by atoms with Crippen LogP contribution in [-0.2, 0) is 0 Å². The van der Waals surface area contributed by atoms with Gasteiger partial charge in [0.2, 0.25) is 0 Å². The van der Waals surface area contributed by atoms with E-state index in [1.807, 2.05) is 0 Å². The number of anilines is 1. The molecule has 0 unspecified atom stereocenters. The molecule has 100 valence electrons. The van der Waals surface area contributed by atoms with Crippen LogP contribution in [0.4, 0.5) is 14.9 Å². The summed E-state index contributed by atoms with van der Waals surface area (Å²) in [7, 11) is 0. The fourth-order valence-corrected chi connectivity index (χ4v) is 1.55. The molecule has 0 fully saturated rings. The van der Waals surface area contributed by atoms with E-state index in [1.54, 1.807) is 26.8 Å². The number of carbonyl (C=O) groups excluding carboxylic acids is 1. The summed E-state index contributed by atoms with van der Waals surface area (Å²) in [5.41, 5.74) is 0.319. The molecule has 0 spiro atoms. The number of carbonyl (C=O) groups is 1. The molecule has 5 heteroatoms. The molecule has 1 aromatic rings. The highest BCUT2D eigenvalue weighted by atomic mass is 19.1. The Balaban J connectivity index is 2.68. The molecule has 18 heavy (non-hydrogen) atoms. The number of rotatable bonds is 4. The first-order chi connectivity index (χ1) is 8.35. The van der Waals surface area contributed by atoms with Gasteiger partial charge in [-0.05, 0) is 39.3 Å². The molecule has 0 aliphatic carbocycles. The summed E-state index contributed by atoms with van der Waals surface area (Å²) in [6.45, 7) is 5.21. The Morgan fingerprint density at radius 1 is 1.44 bits per heavy atom. The second kappa shape index (κ2) is 5.82. The molecule has 4 nitrogen and oxygen atoms in total. The second-order valence-electron chi connectivity index (χ2n) is 4.85. The highest BCUT2D eigenvalue weighted by Crippen LogP contribution is 2.17. The van der Waals surface area contributed by atoms with Crippen LogP contribution in [0, 0.1) is 12.7 Å². The van der Waals surface area contributed by atoms with Gasteiger partial charge < -0.3 is 15.7 Å². The summed E-state index contributed by atoms with van der Waals surface area (Å²) in [5.74, 6) is -0.359. The van der Waals surface area contributed by atoms with Crippen LogP contribution in [0.1, 0.15) is 25.8 Å². The van der Waals surface area contributed by atoms with Gasteiger partial charge >= 0.3 is 6.03 Å². The number of benzene rings is 1. The topological polar surface area (TPSA) is 61.4 Å². The number of hydrogen-bond acceptors (Lipinski definition) is 2. The molecule has 0 saturated heterocycles. The average molecular weight is 254 g/mol. The minimum Gasteiger partial charge on any atom is -0.396 e. The van der Waals surface area contributed by atoms with Gasteiger partial charge in [0.1, 0.15) is 5.82 Å². The molecule has 2 amide bonds. The molecule has 3 N–H and O–H groups in total. The largest absolute Gasteiger partial charge is 0.396 e. The lowest BCUT2D eigenvalue weighted by molar-refractivity contribution is 0.218. The van der Waals surface area contributed by atoms with Gasteiger partial charge in [-0.3, -0.25) is 0 Å². The third-order valence-electron chi connectivity index (χ3n) is 2.70. The lowest BCUT2D eigenvalue weighted by Crippen LogP contribution is -2.46. The van der Waals surface area contributed by atoms with E-state index in [1.165, 1.54) is 12.1 Å². The maximum absolute atomic E-state index is 13.3. The zero-order valence-corrected chi connectivity index (χ0v) is 10.9. The number of aliphatic hydroxyl groups is 1. The monoisotopic (exact) mass is 254 g/mol. The Morgan fingerprint density at radius 3 is 2.72 bits per heavy atom. The van der Waals surface area contributed by atoms with Gasteiger partial charge in [-0.1, -0.05) is 6.07 Å². The van der Waals surface area contributed by atoms with Crippen LogP contribution < -0.4 is 10.6 Å². The molecular weight excluding hydrogens is 235 g/mol. The molecule has 0 heterocycles. The number of aliphatic hydroxyl groups excluding tert-OH is 1. The lowest BCUT2D eigenvalue weighted by atomic mass is 10.0. The Bertz CT molecular complexity index is 433. The predicted octanol–water partition coefficient (Wildman–Crippen LogP) is 2.42. The van der Waals surface area contributed by atoms with Gasteiger partial charge in [0.25, 0.3) is 0 Å². The Kier molecular flexibility index (Phi) is 4.67. The first-order valence-corrected chi connectivity index (χ1v) is 5.81. The normalized spacial score (nSPS) is 11.2. The minimum atomic E-state index is -0.514. The van der Waals surface area contributed by atoms with Gasteiger partial charge in [-0.15, -0.1) is 0 Å². The molecule has 0 atom stereocenters. The zero-order valence-electron chi connectivity index (χ0n) is 10.9. The molecule has 0 radical (unpaired) electrons. The van der Waals surface area contributed by atoms with Crippen LogP contribution in [0.2, 0.25) is 0 Å². The van der Waals surface area contributed by atoms with Crippen molar-refractivity contribution in [2.45, 2.75) is 32.7 Å². The maximum atomic E-state index is 13.3. The fraction of sp³-hybridized carbons (Fsp3) is 0.462. The SMILES string of the molecule is Cc1c(F)cccc1NC(=O)NC(C)(C)CCO. The average Bonchev–Trinajstić information content (AvgIpc) is 2.23. The van der Waals surface area contributed by atoms with Gasteiger partial charge in [0.05, 0.1) is 0 Å². The number of amides is 2. The Hall–Kier alpha value is -1.62. The molecule has 0 aromatic heterocycles. The second-order valence-corrected chi connectivity index (χ2v) is 4.85. The van der Waals surface area contributed by atoms with Crippen LogP contribution in [0.15, 0.2) is 18.2 Å². The molecule has 1 aromatic carbocycles. The summed E-state index contributed by atoms with van der Waals surface area (Å²) in [6, 6.07) is 4.10. The number of nitrogens with one attached hydrogen (secondary N) is 2. The van der Waals surface area contributed by atoms with Gasteiger partial charge in [0, 0.05) is 23.4 Å². The zero-order chi connectivity index (χ0) is 13.8. The highest BCUT2D eigenvalue weighted by Gasteiger charge is 2.20. The minimum absolute atomic E-state index is 0.00767. The maximum Gasteiger partial charge on any atom is 0.319 e. The van der Waals surface area contributed by atoms with E-state index in [-0.39, 0.29) is 12.4 Å². The third-order valence-corrected chi connectivity index (χ3v) is 2.70. The molecule has 0 aliphatic heterocycles. The standard InChI is InChI=1S/C13H19FN2O2/c1-9-10(14)5-4-6-11(9)15-12(18)16-13(2,3)7-8-17/h4-6,17H,7-8H2,1-3H3,(H2,15,16,18). The van der Waals surface area contributed by atoms with Crippen LogP contribution in [0.25, 0.3) is 0 Å². The van der Waals surface area contributed by atoms with Gasteiger partial charge in [0.15, 0.2) is 0 Å². The van der Waals surface area contributed by atoms with Crippen LogP contribution in [0.3, 0.4) is 0 Å². The van der Waals surface area contributed by atoms with Crippen molar-refractivity contribution < 1.29 is 14.3 Å². The van der Waals surface area contributed by atoms with Gasteiger partial charge in [-0.2, -0.15) is 0 Å². The van der Waals surface area contributed by atoms with Crippen molar-refractivity contribution in [1.82, 2.24) is 5.32 Å². The Morgan fingerprint density at radius 2 is 2.11 bits per heavy atom.